The lowest BCUT2D eigenvalue weighted by molar-refractivity contribution is -0.0702. The fourth-order valence-corrected chi connectivity index (χ4v) is 3.05. The normalized spacial score (nSPS) is 40.2. The Morgan fingerprint density at radius 1 is 0.962 bits per heavy atom. The van der Waals surface area contributed by atoms with Gasteiger partial charge in [0.15, 0.2) is 12.5 Å². The maximum Gasteiger partial charge on any atom is 0.336 e. The van der Waals surface area contributed by atoms with E-state index in [1.165, 1.54) is 0 Å². The Morgan fingerprint density at radius 3 is 1.96 bits per heavy atom. The number of aliphatic hydroxyl groups excluding tert-OH is 6. The molecular weight excluding hydrogens is 356 g/mol. The zero-order valence-electron chi connectivity index (χ0n) is 13.4. The summed E-state index contributed by atoms with van der Waals surface area (Å²) in [6.45, 7) is -1.21. The third-order valence-corrected chi connectivity index (χ3v) is 4.52. The van der Waals surface area contributed by atoms with Gasteiger partial charge >= 0.3 is 5.69 Å². The quantitative estimate of drug-likeness (QED) is 0.266. The van der Waals surface area contributed by atoms with Crippen LogP contribution in [0.5, 0.6) is 0 Å². The maximum absolute atomic E-state index is 12.8. The smallest absolute Gasteiger partial charge is 0.336 e. The number of rotatable bonds is 4. The number of ether oxygens (including phenoxy) is 2. The summed E-state index contributed by atoms with van der Waals surface area (Å²) in [5.74, 6) is 0. The second kappa shape index (κ2) is 7.13. The monoisotopic (exact) mass is 376 g/mol. The molecule has 2 saturated heterocycles. The fraction of sp³-hybridized carbons (Fsp3) is 0.769. The molecular formula is C13H20N4O9. The summed E-state index contributed by atoms with van der Waals surface area (Å²) in [4.78, 5) is 16.4. The van der Waals surface area contributed by atoms with Gasteiger partial charge < -0.3 is 40.1 Å². The molecule has 0 spiro atoms. The highest BCUT2D eigenvalue weighted by molar-refractivity contribution is 4.93. The summed E-state index contributed by atoms with van der Waals surface area (Å²) >= 11 is 0. The molecule has 1 aromatic rings. The van der Waals surface area contributed by atoms with Crippen LogP contribution in [-0.2, 0) is 9.47 Å². The lowest BCUT2D eigenvalue weighted by atomic mass is 10.1. The molecule has 0 amide bonds. The second-order valence-electron chi connectivity index (χ2n) is 6.09. The molecule has 13 heteroatoms. The molecule has 3 heterocycles. The molecule has 8 atom stereocenters. The van der Waals surface area contributed by atoms with E-state index in [2.05, 4.69) is 4.98 Å². The zero-order chi connectivity index (χ0) is 19.2. The lowest BCUT2D eigenvalue weighted by Crippen LogP contribution is -2.48. The first kappa shape index (κ1) is 19.1. The van der Waals surface area contributed by atoms with Crippen LogP contribution in [0.2, 0.25) is 0 Å². The first-order valence-corrected chi connectivity index (χ1v) is 7.81. The SMILES string of the molecule is N=c1ncn([C@@H]2O[C@H](CO)[C@@H](O)[C@H]2O)c(=O)n1C1O[C@@H](CO)[C@H](O)[C@@H]1O. The molecule has 0 aromatic carbocycles. The van der Waals surface area contributed by atoms with Crippen molar-refractivity contribution in [3.8, 4) is 0 Å². The molecule has 0 aliphatic carbocycles. The Hall–Kier alpha value is -1.71. The number of aliphatic hydroxyl groups is 6. The number of nitrogens with zero attached hydrogens (tertiary/aromatic N) is 3. The Bertz CT molecular complexity index is 767. The van der Waals surface area contributed by atoms with E-state index in [1.54, 1.807) is 0 Å². The average molecular weight is 376 g/mol. The van der Waals surface area contributed by atoms with Crippen molar-refractivity contribution in [1.29, 1.82) is 5.41 Å². The minimum Gasteiger partial charge on any atom is -0.394 e. The first-order valence-electron chi connectivity index (χ1n) is 7.81. The van der Waals surface area contributed by atoms with Crippen molar-refractivity contribution in [1.82, 2.24) is 14.1 Å². The largest absolute Gasteiger partial charge is 0.394 e. The molecule has 0 saturated carbocycles. The van der Waals surface area contributed by atoms with E-state index in [0.29, 0.717) is 4.57 Å². The highest BCUT2D eigenvalue weighted by atomic mass is 16.6. The van der Waals surface area contributed by atoms with Gasteiger partial charge in [0.1, 0.15) is 43.0 Å². The van der Waals surface area contributed by atoms with Crippen molar-refractivity contribution in [2.45, 2.75) is 49.1 Å². The van der Waals surface area contributed by atoms with Gasteiger partial charge in [0.2, 0.25) is 5.62 Å². The van der Waals surface area contributed by atoms with Gasteiger partial charge in [-0.2, -0.15) is 0 Å². The van der Waals surface area contributed by atoms with Crippen LogP contribution in [0.1, 0.15) is 12.5 Å². The third kappa shape index (κ3) is 2.87. The van der Waals surface area contributed by atoms with E-state index in [1.807, 2.05) is 0 Å². The molecule has 1 aromatic heterocycles. The highest BCUT2D eigenvalue weighted by Gasteiger charge is 2.46. The van der Waals surface area contributed by atoms with Crippen LogP contribution in [-0.4, -0.2) is 94.6 Å². The van der Waals surface area contributed by atoms with Crippen LogP contribution in [0.25, 0.3) is 0 Å². The van der Waals surface area contributed by atoms with Crippen molar-refractivity contribution < 1.29 is 40.1 Å². The van der Waals surface area contributed by atoms with Crippen molar-refractivity contribution in [2.75, 3.05) is 13.2 Å². The molecule has 3 rings (SSSR count). The first-order chi connectivity index (χ1) is 12.3. The van der Waals surface area contributed by atoms with Crippen molar-refractivity contribution in [3.05, 3.63) is 22.4 Å². The summed E-state index contributed by atoms with van der Waals surface area (Å²) in [5.41, 5.74) is -1.58. The predicted octanol–water partition coefficient (Wildman–Crippen LogP) is -5.25. The Morgan fingerprint density at radius 2 is 1.46 bits per heavy atom. The van der Waals surface area contributed by atoms with E-state index in [0.717, 1.165) is 10.9 Å². The Kier molecular flexibility index (Phi) is 5.23. The topological polar surface area (TPSA) is 204 Å². The van der Waals surface area contributed by atoms with E-state index in [4.69, 9.17) is 25.1 Å². The summed E-state index contributed by atoms with van der Waals surface area (Å²) in [5, 5.41) is 65.9. The van der Waals surface area contributed by atoms with E-state index < -0.39 is 73.6 Å². The number of nitrogens with one attached hydrogen (secondary N) is 1. The summed E-state index contributed by atoms with van der Waals surface area (Å²) in [6, 6.07) is 0. The van der Waals surface area contributed by atoms with Crippen LogP contribution in [0.15, 0.2) is 11.1 Å². The van der Waals surface area contributed by atoms with Gasteiger partial charge in [-0.25, -0.2) is 14.3 Å². The molecule has 0 radical (unpaired) electrons. The standard InChI is InChI=1S/C13H20N4O9/c14-12-15-3-16(10-8(22)6(20)4(1-18)25-10)13(24)17(12)11-9(23)7(21)5(2-19)26-11/h3-11,14,18-23H,1-2H2/t4-,5+,6-,7+,8-,9+,10-,11?/m1/s1. The van der Waals surface area contributed by atoms with Gasteiger partial charge in [-0.1, -0.05) is 0 Å². The minimum atomic E-state index is -1.61. The summed E-state index contributed by atoms with van der Waals surface area (Å²) in [7, 11) is 0. The third-order valence-electron chi connectivity index (χ3n) is 4.52. The van der Waals surface area contributed by atoms with Crippen molar-refractivity contribution in [3.63, 3.8) is 0 Å². The highest BCUT2D eigenvalue weighted by Crippen LogP contribution is 2.29. The summed E-state index contributed by atoms with van der Waals surface area (Å²) < 4.78 is 11.9. The van der Waals surface area contributed by atoms with Crippen molar-refractivity contribution in [2.24, 2.45) is 0 Å². The number of aromatic nitrogens is 3. The van der Waals surface area contributed by atoms with Gasteiger partial charge in [-0.05, 0) is 0 Å². The number of hydrogen-bond donors (Lipinski definition) is 7. The molecule has 7 N–H and O–H groups in total. The zero-order valence-corrected chi connectivity index (χ0v) is 13.4. The molecule has 2 fully saturated rings. The van der Waals surface area contributed by atoms with Crippen LogP contribution >= 0.6 is 0 Å². The Balaban J connectivity index is 2.01. The maximum atomic E-state index is 12.8. The van der Waals surface area contributed by atoms with Crippen LogP contribution in [0, 0.1) is 5.41 Å². The molecule has 1 unspecified atom stereocenters. The van der Waals surface area contributed by atoms with Crippen LogP contribution < -0.4 is 11.3 Å². The number of hydrogen-bond acceptors (Lipinski definition) is 11. The van der Waals surface area contributed by atoms with Crippen molar-refractivity contribution >= 4 is 0 Å². The fourth-order valence-electron chi connectivity index (χ4n) is 3.05. The molecule has 2 aliphatic heterocycles. The van der Waals surface area contributed by atoms with Gasteiger partial charge in [-0.3, -0.25) is 9.98 Å². The molecule has 26 heavy (non-hydrogen) atoms. The molecule has 0 bridgehead atoms. The van der Waals surface area contributed by atoms with Gasteiger partial charge in [0.25, 0.3) is 0 Å². The molecule has 146 valence electrons. The van der Waals surface area contributed by atoms with Crippen LogP contribution in [0.3, 0.4) is 0 Å². The van der Waals surface area contributed by atoms with E-state index in [-0.39, 0.29) is 0 Å². The average Bonchev–Trinajstić information content (AvgIpc) is 3.06. The van der Waals surface area contributed by atoms with Gasteiger partial charge in [-0.15, -0.1) is 0 Å². The van der Waals surface area contributed by atoms with E-state index in [9.17, 15) is 25.2 Å². The van der Waals surface area contributed by atoms with Gasteiger partial charge in [0.05, 0.1) is 13.2 Å². The van der Waals surface area contributed by atoms with E-state index >= 15 is 0 Å². The second-order valence-corrected chi connectivity index (χ2v) is 6.09. The van der Waals surface area contributed by atoms with Crippen LogP contribution in [0.4, 0.5) is 0 Å². The predicted molar refractivity (Wildman–Crippen MR) is 78.4 cm³/mol. The van der Waals surface area contributed by atoms with Gasteiger partial charge in [0, 0.05) is 0 Å². The minimum absolute atomic E-state index is 0.595. The lowest BCUT2D eigenvalue weighted by Gasteiger charge is -2.22. The Labute approximate surface area is 145 Å². The summed E-state index contributed by atoms with van der Waals surface area (Å²) in [6.07, 6.45) is -10.4. The molecule has 13 nitrogen and oxygen atoms in total. The molecule has 2 aliphatic rings.